The molecule has 0 spiro atoms. The highest BCUT2D eigenvalue weighted by Crippen LogP contribution is 2.31. The van der Waals surface area contributed by atoms with Crippen LogP contribution in [-0.4, -0.2) is 48.4 Å². The molecule has 11 heteroatoms. The van der Waals surface area contributed by atoms with E-state index >= 15 is 0 Å². The van der Waals surface area contributed by atoms with Crippen LogP contribution in [0.5, 0.6) is 5.88 Å². The van der Waals surface area contributed by atoms with Crippen molar-refractivity contribution in [1.29, 1.82) is 0 Å². The molecule has 2 rings (SSSR count). The number of benzene rings is 1. The average molecular weight is 502 g/mol. The Morgan fingerprint density at radius 3 is 2.67 bits per heavy atom. The molecule has 0 atom stereocenters. The summed E-state index contributed by atoms with van der Waals surface area (Å²) in [5, 5.41) is 5.53. The molecule has 30 heavy (non-hydrogen) atoms. The third-order valence-electron chi connectivity index (χ3n) is 3.99. The highest BCUT2D eigenvalue weighted by atomic mass is 79.9. The second-order valence-electron chi connectivity index (χ2n) is 7.79. The Kier molecular flexibility index (Phi) is 8.16. The molecule has 2 aromatic rings. The molecule has 0 radical (unpaired) electrons. The number of anilines is 1. The Labute approximate surface area is 187 Å². The van der Waals surface area contributed by atoms with E-state index in [4.69, 9.17) is 10.5 Å². The predicted molar refractivity (Wildman–Crippen MR) is 118 cm³/mol. The third kappa shape index (κ3) is 6.92. The number of ether oxygens (including phenoxy) is 1. The van der Waals surface area contributed by atoms with Crippen LogP contribution < -0.4 is 21.1 Å². The maximum atomic E-state index is 14.0. The van der Waals surface area contributed by atoms with Crippen molar-refractivity contribution >= 4 is 44.4 Å². The zero-order valence-electron chi connectivity index (χ0n) is 17.2. The number of amides is 3. The molecule has 0 saturated carbocycles. The van der Waals surface area contributed by atoms with Gasteiger partial charge >= 0.3 is 6.03 Å². The van der Waals surface area contributed by atoms with E-state index in [2.05, 4.69) is 30.9 Å². The van der Waals surface area contributed by atoms with Gasteiger partial charge in [0, 0.05) is 23.1 Å². The Bertz CT molecular complexity index is 920. The summed E-state index contributed by atoms with van der Waals surface area (Å²) in [6.45, 7) is 5.12. The van der Waals surface area contributed by atoms with Crippen LogP contribution in [-0.2, 0) is 6.61 Å². The molecule has 8 nitrogen and oxygen atoms in total. The van der Waals surface area contributed by atoms with E-state index in [0.29, 0.717) is 11.0 Å². The SMILES string of the molecule is CN(C)CC(C)(C)CNC(=O)Nc1snc(OCc2ccc(Br)cc2F)c1C(N)=O. The highest BCUT2D eigenvalue weighted by Gasteiger charge is 2.24. The molecule has 0 aliphatic carbocycles. The summed E-state index contributed by atoms with van der Waals surface area (Å²) in [7, 11) is 3.92. The fourth-order valence-electron chi connectivity index (χ4n) is 2.84. The van der Waals surface area contributed by atoms with Gasteiger partial charge in [-0.3, -0.25) is 10.1 Å². The number of hydrogen-bond donors (Lipinski definition) is 3. The number of urea groups is 1. The average Bonchev–Trinajstić information content (AvgIpc) is 3.01. The van der Waals surface area contributed by atoms with Gasteiger partial charge in [0.25, 0.3) is 5.91 Å². The van der Waals surface area contributed by atoms with Crippen molar-refractivity contribution in [3.8, 4) is 5.88 Å². The number of halogens is 2. The molecule has 0 fully saturated rings. The van der Waals surface area contributed by atoms with Crippen molar-refractivity contribution in [2.75, 3.05) is 32.5 Å². The van der Waals surface area contributed by atoms with Crippen LogP contribution in [0.25, 0.3) is 0 Å². The quantitative estimate of drug-likeness (QED) is 0.487. The topological polar surface area (TPSA) is 110 Å². The normalized spacial score (nSPS) is 11.4. The summed E-state index contributed by atoms with van der Waals surface area (Å²) in [6.07, 6.45) is 0. The summed E-state index contributed by atoms with van der Waals surface area (Å²) >= 11 is 4.05. The summed E-state index contributed by atoms with van der Waals surface area (Å²) in [5.74, 6) is -1.32. The van der Waals surface area contributed by atoms with Gasteiger partial charge in [-0.05, 0) is 43.2 Å². The Hall–Kier alpha value is -2.24. The van der Waals surface area contributed by atoms with Gasteiger partial charge in [0.15, 0.2) is 0 Å². The first-order valence-corrected chi connectivity index (χ1v) is 10.6. The van der Waals surface area contributed by atoms with Gasteiger partial charge in [0.2, 0.25) is 5.88 Å². The van der Waals surface area contributed by atoms with Crippen LogP contribution in [0, 0.1) is 11.2 Å². The molecule has 1 aromatic carbocycles. The summed E-state index contributed by atoms with van der Waals surface area (Å²) in [4.78, 5) is 26.2. The molecular weight excluding hydrogens is 477 g/mol. The molecule has 1 heterocycles. The van der Waals surface area contributed by atoms with E-state index in [1.807, 2.05) is 32.8 Å². The smallest absolute Gasteiger partial charge is 0.319 e. The van der Waals surface area contributed by atoms with Crippen molar-refractivity contribution in [3.05, 3.63) is 39.6 Å². The van der Waals surface area contributed by atoms with Gasteiger partial charge in [0.1, 0.15) is 23.0 Å². The largest absolute Gasteiger partial charge is 0.471 e. The van der Waals surface area contributed by atoms with E-state index in [0.717, 1.165) is 18.1 Å². The van der Waals surface area contributed by atoms with Gasteiger partial charge in [-0.2, -0.15) is 4.37 Å². The van der Waals surface area contributed by atoms with E-state index in [9.17, 15) is 14.0 Å². The number of nitrogens with two attached hydrogens (primary N) is 1. The second-order valence-corrected chi connectivity index (χ2v) is 9.48. The molecule has 4 N–H and O–H groups in total. The fourth-order valence-corrected chi connectivity index (χ4v) is 3.91. The fraction of sp³-hybridized carbons (Fsp3) is 0.421. The molecular formula is C19H25BrFN5O3S. The maximum Gasteiger partial charge on any atom is 0.319 e. The molecule has 0 bridgehead atoms. The van der Waals surface area contributed by atoms with Crippen LogP contribution in [0.3, 0.4) is 0 Å². The van der Waals surface area contributed by atoms with Crippen molar-refractivity contribution in [2.45, 2.75) is 20.5 Å². The number of nitrogens with one attached hydrogen (secondary N) is 2. The second kappa shape index (κ2) is 10.2. The lowest BCUT2D eigenvalue weighted by molar-refractivity contribution is 0.0996. The van der Waals surface area contributed by atoms with E-state index < -0.39 is 17.8 Å². The van der Waals surface area contributed by atoms with Gasteiger partial charge in [-0.25, -0.2) is 9.18 Å². The highest BCUT2D eigenvalue weighted by molar-refractivity contribution is 9.10. The van der Waals surface area contributed by atoms with Gasteiger partial charge in [-0.15, -0.1) is 0 Å². The molecule has 0 aliphatic rings. The number of hydrogen-bond acceptors (Lipinski definition) is 6. The molecule has 1 aromatic heterocycles. The van der Waals surface area contributed by atoms with Crippen molar-refractivity contribution in [1.82, 2.24) is 14.6 Å². The van der Waals surface area contributed by atoms with Crippen molar-refractivity contribution in [3.63, 3.8) is 0 Å². The minimum Gasteiger partial charge on any atom is -0.471 e. The first-order chi connectivity index (χ1) is 14.0. The van der Waals surface area contributed by atoms with Crippen LogP contribution in [0.15, 0.2) is 22.7 Å². The van der Waals surface area contributed by atoms with Crippen LogP contribution >= 0.6 is 27.5 Å². The van der Waals surface area contributed by atoms with Gasteiger partial charge in [0.05, 0.1) is 0 Å². The van der Waals surface area contributed by atoms with Gasteiger partial charge < -0.3 is 20.7 Å². The number of primary amides is 1. The van der Waals surface area contributed by atoms with E-state index in [1.165, 1.54) is 6.07 Å². The molecule has 3 amide bonds. The first-order valence-electron chi connectivity index (χ1n) is 9.04. The first kappa shape index (κ1) is 24.0. The Balaban J connectivity index is 2.04. The number of carbonyl (C=O) groups is 2. The maximum absolute atomic E-state index is 14.0. The van der Waals surface area contributed by atoms with Crippen molar-refractivity contribution in [2.24, 2.45) is 11.1 Å². The lowest BCUT2D eigenvalue weighted by Gasteiger charge is -2.28. The minimum absolute atomic E-state index is 0.0554. The third-order valence-corrected chi connectivity index (χ3v) is 5.22. The van der Waals surface area contributed by atoms with E-state index in [1.54, 1.807) is 12.1 Å². The van der Waals surface area contributed by atoms with Crippen LogP contribution in [0.4, 0.5) is 14.2 Å². The summed E-state index contributed by atoms with van der Waals surface area (Å²) in [6, 6.07) is 4.05. The lowest BCUT2D eigenvalue weighted by atomic mass is 9.93. The minimum atomic E-state index is -0.807. The van der Waals surface area contributed by atoms with E-state index in [-0.39, 0.29) is 34.0 Å². The van der Waals surface area contributed by atoms with Crippen LogP contribution in [0.1, 0.15) is 29.8 Å². The predicted octanol–water partition coefficient (Wildman–Crippen LogP) is 3.43. The number of aromatic nitrogens is 1. The number of carbonyl (C=O) groups excluding carboxylic acids is 2. The number of nitrogens with zero attached hydrogens (tertiary/aromatic N) is 2. The van der Waals surface area contributed by atoms with Gasteiger partial charge in [-0.1, -0.05) is 35.8 Å². The zero-order chi connectivity index (χ0) is 22.5. The lowest BCUT2D eigenvalue weighted by Crippen LogP contribution is -2.41. The summed E-state index contributed by atoms with van der Waals surface area (Å²) < 4.78 is 24.1. The van der Waals surface area contributed by atoms with Crippen molar-refractivity contribution < 1.29 is 18.7 Å². The molecule has 164 valence electrons. The molecule has 0 aliphatic heterocycles. The summed E-state index contributed by atoms with van der Waals surface area (Å²) in [5.41, 5.74) is 5.53. The molecule has 0 unspecified atom stereocenters. The zero-order valence-corrected chi connectivity index (χ0v) is 19.6. The Morgan fingerprint density at radius 1 is 1.37 bits per heavy atom. The number of rotatable bonds is 9. The van der Waals surface area contributed by atoms with Crippen LogP contribution in [0.2, 0.25) is 0 Å². The Morgan fingerprint density at radius 2 is 2.07 bits per heavy atom. The molecule has 0 saturated heterocycles. The standard InChI is InChI=1S/C19H25BrFN5O3S/c1-19(2,10-26(3)4)9-23-18(28)24-17-14(15(22)27)16(25-30-17)29-8-11-5-6-12(20)7-13(11)21/h5-7H,8-10H2,1-4H3,(H2,22,27)(H2,23,24,28). The monoisotopic (exact) mass is 501 g/mol.